The minimum Gasteiger partial charge on any atom is -0.507 e. The Balaban J connectivity index is 1.70. The van der Waals surface area contributed by atoms with Crippen molar-refractivity contribution in [3.05, 3.63) is 65.2 Å². The van der Waals surface area contributed by atoms with Crippen molar-refractivity contribution in [2.24, 2.45) is 0 Å². The highest BCUT2D eigenvalue weighted by molar-refractivity contribution is 6.46. The van der Waals surface area contributed by atoms with Crippen LogP contribution in [0.5, 0.6) is 5.75 Å². The van der Waals surface area contributed by atoms with E-state index in [4.69, 9.17) is 9.47 Å². The number of amides is 1. The topological polar surface area (TPSA) is 82.5 Å². The minimum absolute atomic E-state index is 0.107. The van der Waals surface area contributed by atoms with Gasteiger partial charge in [0, 0.05) is 51.5 Å². The van der Waals surface area contributed by atoms with Crippen molar-refractivity contribution >= 4 is 23.1 Å². The summed E-state index contributed by atoms with van der Waals surface area (Å²) < 4.78 is 11.2. The lowest BCUT2D eigenvalue weighted by molar-refractivity contribution is -0.140. The Kier molecular flexibility index (Phi) is 8.84. The molecule has 2 aliphatic rings. The van der Waals surface area contributed by atoms with Crippen molar-refractivity contribution in [3.63, 3.8) is 0 Å². The van der Waals surface area contributed by atoms with Gasteiger partial charge < -0.3 is 24.4 Å². The van der Waals surface area contributed by atoms with Gasteiger partial charge >= 0.3 is 0 Å². The number of anilines is 1. The molecule has 2 aromatic rings. The Hall–Kier alpha value is -3.36. The molecule has 4 rings (SSSR count). The summed E-state index contributed by atoms with van der Waals surface area (Å²) in [5.41, 5.74) is 2.35. The predicted molar refractivity (Wildman–Crippen MR) is 144 cm³/mol. The van der Waals surface area contributed by atoms with E-state index >= 15 is 0 Å². The molecule has 1 N–H and O–H groups in total. The minimum atomic E-state index is -0.679. The number of carbonyl (C=O) groups is 2. The zero-order valence-corrected chi connectivity index (χ0v) is 22.0. The molecular weight excluding hydrogens is 470 g/mol. The van der Waals surface area contributed by atoms with E-state index in [0.717, 1.165) is 37.2 Å². The van der Waals surface area contributed by atoms with Crippen LogP contribution in [-0.4, -0.2) is 86.7 Å². The maximum absolute atomic E-state index is 13.4. The molecule has 0 spiro atoms. The quantitative estimate of drug-likeness (QED) is 0.227. The van der Waals surface area contributed by atoms with Gasteiger partial charge in [-0.15, -0.1) is 0 Å². The first-order chi connectivity index (χ1) is 17.9. The number of aliphatic hydroxyl groups is 1. The zero-order chi connectivity index (χ0) is 26.4. The molecule has 2 saturated heterocycles. The van der Waals surface area contributed by atoms with Crippen LogP contribution < -0.4 is 9.64 Å². The zero-order valence-electron chi connectivity index (χ0n) is 22.0. The molecule has 2 aliphatic heterocycles. The van der Waals surface area contributed by atoms with Crippen molar-refractivity contribution in [1.29, 1.82) is 0 Å². The van der Waals surface area contributed by atoms with Gasteiger partial charge in [0.15, 0.2) is 0 Å². The number of aliphatic hydroxyl groups excluding tert-OH is 1. The lowest BCUT2D eigenvalue weighted by atomic mass is 9.95. The third kappa shape index (κ3) is 6.14. The number of likely N-dealkylation sites (tertiary alicyclic amines) is 1. The largest absolute Gasteiger partial charge is 0.507 e. The van der Waals surface area contributed by atoms with E-state index in [1.165, 1.54) is 0 Å². The van der Waals surface area contributed by atoms with Crippen molar-refractivity contribution in [2.75, 3.05) is 65.0 Å². The number of unbranched alkanes of at least 4 members (excludes halogenated alkanes) is 1. The van der Waals surface area contributed by atoms with Crippen molar-refractivity contribution < 1.29 is 24.2 Å². The summed E-state index contributed by atoms with van der Waals surface area (Å²) in [5, 5.41) is 11.4. The predicted octanol–water partition coefficient (Wildman–Crippen LogP) is 3.69. The summed E-state index contributed by atoms with van der Waals surface area (Å²) in [5.74, 6) is -0.828. The number of hydrogen-bond acceptors (Lipinski definition) is 7. The van der Waals surface area contributed by atoms with Crippen LogP contribution in [0.25, 0.3) is 5.76 Å². The molecule has 37 heavy (non-hydrogen) atoms. The smallest absolute Gasteiger partial charge is 0.295 e. The number of ketones is 1. The number of carbonyl (C=O) groups excluding carboxylic acids is 2. The van der Waals surface area contributed by atoms with Crippen LogP contribution >= 0.6 is 0 Å². The van der Waals surface area contributed by atoms with Gasteiger partial charge in [-0.1, -0.05) is 37.6 Å². The van der Waals surface area contributed by atoms with Crippen LogP contribution in [-0.2, 0) is 14.3 Å². The average Bonchev–Trinajstić information content (AvgIpc) is 3.17. The molecule has 1 unspecified atom stereocenters. The lowest BCUT2D eigenvalue weighted by Crippen LogP contribution is -2.42. The third-order valence-electron chi connectivity index (χ3n) is 6.90. The Morgan fingerprint density at radius 2 is 1.81 bits per heavy atom. The average molecular weight is 508 g/mol. The maximum atomic E-state index is 13.4. The standard InChI is InChI=1S/C29H37N3O5/c1-4-5-17-37-24-8-6-7-22(20-24)27(33)25-26(21-9-11-23(12-10-21)30(2)3)32(29(35)28(25)34)14-13-31-15-18-36-19-16-31/h6-12,20,26,33H,4-5,13-19H2,1-3H3. The molecule has 2 aromatic carbocycles. The van der Waals surface area contributed by atoms with Gasteiger partial charge in [0.1, 0.15) is 11.5 Å². The molecule has 8 heteroatoms. The number of ether oxygens (including phenoxy) is 2. The van der Waals surface area contributed by atoms with Crippen molar-refractivity contribution in [2.45, 2.75) is 25.8 Å². The molecule has 8 nitrogen and oxygen atoms in total. The summed E-state index contributed by atoms with van der Waals surface area (Å²) in [4.78, 5) is 32.4. The Morgan fingerprint density at radius 1 is 1.08 bits per heavy atom. The summed E-state index contributed by atoms with van der Waals surface area (Å²) in [6.07, 6.45) is 1.94. The molecule has 0 aromatic heterocycles. The van der Waals surface area contributed by atoms with Gasteiger partial charge in [-0.3, -0.25) is 14.5 Å². The molecule has 0 bridgehead atoms. The first-order valence-electron chi connectivity index (χ1n) is 13.0. The van der Waals surface area contributed by atoms with E-state index in [9.17, 15) is 14.7 Å². The summed E-state index contributed by atoms with van der Waals surface area (Å²) >= 11 is 0. The van der Waals surface area contributed by atoms with E-state index in [2.05, 4.69) is 11.8 Å². The fourth-order valence-corrected chi connectivity index (χ4v) is 4.71. The molecular formula is C29H37N3O5. The second-order valence-corrected chi connectivity index (χ2v) is 9.66. The fourth-order valence-electron chi connectivity index (χ4n) is 4.71. The van der Waals surface area contributed by atoms with Crippen LogP contribution in [0.1, 0.15) is 36.9 Å². The van der Waals surface area contributed by atoms with E-state index in [1.807, 2.05) is 49.3 Å². The van der Waals surface area contributed by atoms with E-state index in [-0.39, 0.29) is 11.3 Å². The molecule has 0 aliphatic carbocycles. The number of Topliss-reactive ketones (excluding diaryl/α,β-unsaturated/α-hetero) is 1. The molecule has 0 saturated carbocycles. The molecule has 1 atom stereocenters. The molecule has 1 amide bonds. The second kappa shape index (κ2) is 12.3. The van der Waals surface area contributed by atoms with E-state index < -0.39 is 17.7 Å². The number of morpholine rings is 1. The summed E-state index contributed by atoms with van der Waals surface area (Å²) in [7, 11) is 3.91. The second-order valence-electron chi connectivity index (χ2n) is 9.66. The van der Waals surface area contributed by atoms with Gasteiger partial charge in [0.2, 0.25) is 0 Å². The van der Waals surface area contributed by atoms with Crippen LogP contribution in [0.4, 0.5) is 5.69 Å². The third-order valence-corrected chi connectivity index (χ3v) is 6.90. The van der Waals surface area contributed by atoms with E-state index in [1.54, 1.807) is 23.1 Å². The van der Waals surface area contributed by atoms with E-state index in [0.29, 0.717) is 44.2 Å². The lowest BCUT2D eigenvalue weighted by Gasteiger charge is -2.31. The Labute approximate surface area is 219 Å². The molecule has 198 valence electrons. The number of hydrogen-bond donors (Lipinski definition) is 1. The summed E-state index contributed by atoms with van der Waals surface area (Å²) in [6, 6.07) is 14.1. The monoisotopic (exact) mass is 507 g/mol. The maximum Gasteiger partial charge on any atom is 0.295 e. The Morgan fingerprint density at radius 3 is 2.49 bits per heavy atom. The van der Waals surface area contributed by atoms with Crippen LogP contribution in [0, 0.1) is 0 Å². The van der Waals surface area contributed by atoms with Gasteiger partial charge in [0.05, 0.1) is 31.4 Å². The fraction of sp³-hybridized carbons (Fsp3) is 0.448. The van der Waals surface area contributed by atoms with Gasteiger partial charge in [-0.25, -0.2) is 0 Å². The first-order valence-corrected chi connectivity index (χ1v) is 13.0. The molecule has 2 fully saturated rings. The van der Waals surface area contributed by atoms with Gasteiger partial charge in [-0.05, 0) is 36.2 Å². The number of rotatable bonds is 10. The Bertz CT molecular complexity index is 1120. The number of nitrogens with zero attached hydrogens (tertiary/aromatic N) is 3. The molecule has 0 radical (unpaired) electrons. The van der Waals surface area contributed by atoms with Crippen molar-refractivity contribution in [1.82, 2.24) is 9.80 Å². The van der Waals surface area contributed by atoms with Crippen LogP contribution in [0.3, 0.4) is 0 Å². The first kappa shape index (κ1) is 26.7. The molecule has 2 heterocycles. The normalized spacial score (nSPS) is 19.9. The highest BCUT2D eigenvalue weighted by atomic mass is 16.5. The van der Waals surface area contributed by atoms with Crippen LogP contribution in [0.2, 0.25) is 0 Å². The summed E-state index contributed by atoms with van der Waals surface area (Å²) in [6.45, 7) is 6.56. The SMILES string of the molecule is CCCCOc1cccc(C(O)=C2C(=O)C(=O)N(CCN3CCOCC3)C2c2ccc(N(C)C)cc2)c1. The van der Waals surface area contributed by atoms with Gasteiger partial charge in [-0.2, -0.15) is 0 Å². The number of benzene rings is 2. The highest BCUT2D eigenvalue weighted by Gasteiger charge is 2.46. The van der Waals surface area contributed by atoms with Gasteiger partial charge in [0.25, 0.3) is 11.7 Å². The van der Waals surface area contributed by atoms with Crippen molar-refractivity contribution in [3.8, 4) is 5.75 Å². The van der Waals surface area contributed by atoms with Crippen LogP contribution in [0.15, 0.2) is 54.1 Å². The highest BCUT2D eigenvalue weighted by Crippen LogP contribution is 2.40.